The Balaban J connectivity index is 1.66. The van der Waals surface area contributed by atoms with Crippen LogP contribution in [-0.2, 0) is 5.41 Å². The van der Waals surface area contributed by atoms with Crippen molar-refractivity contribution in [1.82, 2.24) is 10.3 Å². The van der Waals surface area contributed by atoms with Gasteiger partial charge < -0.3 is 5.73 Å². The van der Waals surface area contributed by atoms with Crippen LogP contribution < -0.4 is 11.2 Å². The van der Waals surface area contributed by atoms with Gasteiger partial charge in [0.05, 0.1) is 5.71 Å². The van der Waals surface area contributed by atoms with E-state index < -0.39 is 0 Å². The number of thiocarbonyl (C=S) groups is 1. The second kappa shape index (κ2) is 7.85. The number of hydrogen-bond donors (Lipinski definition) is 2. The number of hydrogen-bond acceptors (Lipinski definition) is 4. The molecule has 24 heavy (non-hydrogen) atoms. The van der Waals surface area contributed by atoms with Crippen LogP contribution in [0.1, 0.15) is 25.3 Å². The minimum atomic E-state index is 0.242. The minimum absolute atomic E-state index is 0.242. The van der Waals surface area contributed by atoms with E-state index in [9.17, 15) is 0 Å². The molecule has 0 aromatic heterocycles. The van der Waals surface area contributed by atoms with Gasteiger partial charge in [-0.25, -0.2) is 0 Å². The van der Waals surface area contributed by atoms with Crippen molar-refractivity contribution in [2.75, 3.05) is 31.1 Å². The van der Waals surface area contributed by atoms with Crippen molar-refractivity contribution < 1.29 is 0 Å². The van der Waals surface area contributed by atoms with Gasteiger partial charge in [0.1, 0.15) is 0 Å². The second-order valence-corrected chi connectivity index (χ2v) is 8.66. The summed E-state index contributed by atoms with van der Waals surface area (Å²) in [4.78, 5) is 2.49. The lowest BCUT2D eigenvalue weighted by Gasteiger charge is -2.47. The molecule has 1 saturated heterocycles. The summed E-state index contributed by atoms with van der Waals surface area (Å²) >= 11 is 6.95. The van der Waals surface area contributed by atoms with E-state index in [0.29, 0.717) is 5.92 Å². The van der Waals surface area contributed by atoms with Crippen LogP contribution in [0.3, 0.4) is 0 Å². The van der Waals surface area contributed by atoms with E-state index in [1.165, 1.54) is 22.8 Å². The van der Waals surface area contributed by atoms with Gasteiger partial charge >= 0.3 is 0 Å². The van der Waals surface area contributed by atoms with Crippen LogP contribution in [0.15, 0.2) is 35.4 Å². The number of rotatable bonds is 5. The molecule has 3 N–H and O–H groups in total. The van der Waals surface area contributed by atoms with Crippen LogP contribution in [0, 0.1) is 5.92 Å². The normalized spacial score (nSPS) is 28.2. The molecule has 0 spiro atoms. The van der Waals surface area contributed by atoms with Gasteiger partial charge in [0, 0.05) is 37.1 Å². The number of nitrogens with zero attached hydrogens (tertiary/aromatic N) is 2. The van der Waals surface area contributed by atoms with Crippen LogP contribution in [-0.4, -0.2) is 46.9 Å². The zero-order valence-electron chi connectivity index (χ0n) is 14.2. The highest BCUT2D eigenvalue weighted by molar-refractivity contribution is 7.99. The maximum absolute atomic E-state index is 5.57. The average molecular weight is 363 g/mol. The van der Waals surface area contributed by atoms with E-state index in [2.05, 4.69) is 52.7 Å². The third kappa shape index (κ3) is 4.29. The van der Waals surface area contributed by atoms with Crippen LogP contribution in [0.25, 0.3) is 0 Å². The first-order chi connectivity index (χ1) is 11.6. The standard InChI is InChI=1S/C18H26N4S2/c1-18(15-5-3-2-4-6-15)11-14(12-18)16(20-21-17(19)23)13-22-7-9-24-10-8-22/h2-6,14H,7-13H2,1H3,(H3,19,21,23). The number of benzene rings is 1. The van der Waals surface area contributed by atoms with Gasteiger partial charge in [-0.1, -0.05) is 37.3 Å². The SMILES string of the molecule is CC1(c2ccccc2)CC(C(CN2CCSCC2)=NNC(N)=S)C1. The maximum Gasteiger partial charge on any atom is 0.184 e. The summed E-state index contributed by atoms with van der Waals surface area (Å²) < 4.78 is 0. The van der Waals surface area contributed by atoms with Gasteiger partial charge in [-0.2, -0.15) is 16.9 Å². The fourth-order valence-electron chi connectivity index (χ4n) is 3.71. The number of thioether (sulfide) groups is 1. The molecule has 1 aliphatic carbocycles. The molecule has 2 fully saturated rings. The van der Waals surface area contributed by atoms with Crippen molar-refractivity contribution in [3.8, 4) is 0 Å². The fourth-order valence-corrected chi connectivity index (χ4v) is 4.74. The van der Waals surface area contributed by atoms with E-state index >= 15 is 0 Å². The Kier molecular flexibility index (Phi) is 5.79. The predicted molar refractivity (Wildman–Crippen MR) is 108 cm³/mol. The molecule has 0 amide bonds. The molecular formula is C18H26N4S2. The molecule has 1 aromatic rings. The molecule has 1 aromatic carbocycles. The monoisotopic (exact) mass is 362 g/mol. The number of nitrogens with one attached hydrogen (secondary N) is 1. The first kappa shape index (κ1) is 17.7. The molecule has 130 valence electrons. The van der Waals surface area contributed by atoms with Crippen molar-refractivity contribution in [3.63, 3.8) is 0 Å². The Morgan fingerprint density at radius 2 is 2.00 bits per heavy atom. The number of nitrogens with two attached hydrogens (primary N) is 1. The summed E-state index contributed by atoms with van der Waals surface area (Å²) in [5, 5.41) is 4.79. The summed E-state index contributed by atoms with van der Waals surface area (Å²) in [7, 11) is 0. The molecule has 3 rings (SSSR count). The highest BCUT2D eigenvalue weighted by Gasteiger charge is 2.43. The van der Waals surface area contributed by atoms with E-state index in [0.717, 1.165) is 32.5 Å². The first-order valence-corrected chi connectivity index (χ1v) is 10.1. The molecule has 0 unspecified atom stereocenters. The van der Waals surface area contributed by atoms with E-state index in [1.807, 2.05) is 11.8 Å². The summed E-state index contributed by atoms with van der Waals surface area (Å²) in [5.41, 5.74) is 11.3. The minimum Gasteiger partial charge on any atom is -0.375 e. The third-order valence-electron chi connectivity index (χ3n) is 5.13. The van der Waals surface area contributed by atoms with Crippen LogP contribution in [0.5, 0.6) is 0 Å². The van der Waals surface area contributed by atoms with E-state index in [4.69, 9.17) is 18.0 Å². The highest BCUT2D eigenvalue weighted by Crippen LogP contribution is 2.48. The second-order valence-electron chi connectivity index (χ2n) is 7.00. The molecule has 4 nitrogen and oxygen atoms in total. The average Bonchev–Trinajstić information content (AvgIpc) is 2.57. The molecule has 1 aliphatic heterocycles. The van der Waals surface area contributed by atoms with Crippen LogP contribution >= 0.6 is 24.0 Å². The summed E-state index contributed by atoms with van der Waals surface area (Å²) in [5.74, 6) is 2.93. The van der Waals surface area contributed by atoms with Crippen molar-refractivity contribution in [1.29, 1.82) is 0 Å². The molecule has 6 heteroatoms. The van der Waals surface area contributed by atoms with Gasteiger partial charge in [0.15, 0.2) is 5.11 Å². The Labute approximate surface area is 154 Å². The van der Waals surface area contributed by atoms with Crippen molar-refractivity contribution in [2.24, 2.45) is 16.8 Å². The smallest absolute Gasteiger partial charge is 0.184 e. The summed E-state index contributed by atoms with van der Waals surface area (Å²) in [6.45, 7) is 5.56. The zero-order chi connectivity index (χ0) is 17.0. The van der Waals surface area contributed by atoms with Gasteiger partial charge in [0.2, 0.25) is 0 Å². The summed E-state index contributed by atoms with van der Waals surface area (Å²) in [6, 6.07) is 10.8. The Hall–Kier alpha value is -1.11. The molecule has 0 bridgehead atoms. The van der Waals surface area contributed by atoms with Crippen molar-refractivity contribution >= 4 is 34.8 Å². The lowest BCUT2D eigenvalue weighted by atomic mass is 9.58. The number of hydrazone groups is 1. The largest absolute Gasteiger partial charge is 0.375 e. The summed E-state index contributed by atoms with van der Waals surface area (Å²) in [6.07, 6.45) is 2.27. The Morgan fingerprint density at radius 1 is 1.33 bits per heavy atom. The van der Waals surface area contributed by atoms with Gasteiger partial charge in [-0.15, -0.1) is 0 Å². The van der Waals surface area contributed by atoms with Crippen LogP contribution in [0.4, 0.5) is 0 Å². The molecule has 0 radical (unpaired) electrons. The molecule has 1 heterocycles. The van der Waals surface area contributed by atoms with Gasteiger partial charge in [-0.05, 0) is 36.0 Å². The van der Waals surface area contributed by atoms with Crippen molar-refractivity contribution in [3.05, 3.63) is 35.9 Å². The Morgan fingerprint density at radius 3 is 2.62 bits per heavy atom. The van der Waals surface area contributed by atoms with E-state index in [-0.39, 0.29) is 10.5 Å². The molecule has 0 atom stereocenters. The van der Waals surface area contributed by atoms with Crippen molar-refractivity contribution in [2.45, 2.75) is 25.2 Å². The maximum atomic E-state index is 5.57. The highest BCUT2D eigenvalue weighted by atomic mass is 32.2. The van der Waals surface area contributed by atoms with E-state index in [1.54, 1.807) is 0 Å². The molecule has 2 aliphatic rings. The fraction of sp³-hybridized carbons (Fsp3) is 0.556. The zero-order valence-corrected chi connectivity index (χ0v) is 15.8. The predicted octanol–water partition coefficient (Wildman–Crippen LogP) is 2.59. The topological polar surface area (TPSA) is 53.6 Å². The first-order valence-electron chi connectivity index (χ1n) is 8.54. The van der Waals surface area contributed by atoms with Gasteiger partial charge in [-0.3, -0.25) is 10.3 Å². The van der Waals surface area contributed by atoms with Gasteiger partial charge in [0.25, 0.3) is 0 Å². The third-order valence-corrected chi connectivity index (χ3v) is 6.17. The molecular weight excluding hydrogens is 336 g/mol. The lowest BCUT2D eigenvalue weighted by molar-refractivity contribution is 0.210. The lowest BCUT2D eigenvalue weighted by Crippen LogP contribution is -2.47. The Bertz CT molecular complexity index is 590. The quantitative estimate of drug-likeness (QED) is 0.479. The molecule has 1 saturated carbocycles. The van der Waals surface area contributed by atoms with Crippen LogP contribution in [0.2, 0.25) is 0 Å².